The number of carboxylic acid groups (broad SMARTS) is 1. The van der Waals surface area contributed by atoms with Gasteiger partial charge in [-0.15, -0.1) is 0 Å². The van der Waals surface area contributed by atoms with Gasteiger partial charge in [0.05, 0.1) is 31.7 Å². The van der Waals surface area contributed by atoms with Gasteiger partial charge < -0.3 is 24.1 Å². The summed E-state index contributed by atoms with van der Waals surface area (Å²) in [6.07, 6.45) is 0.902. The van der Waals surface area contributed by atoms with Crippen LogP contribution in [0.4, 0.5) is 0 Å². The Morgan fingerprint density at radius 3 is 2.50 bits per heavy atom. The molecule has 1 saturated carbocycles. The highest BCUT2D eigenvalue weighted by atomic mass is 16.7. The van der Waals surface area contributed by atoms with Crippen molar-refractivity contribution in [3.05, 3.63) is 0 Å². The van der Waals surface area contributed by atoms with Gasteiger partial charge in [0.1, 0.15) is 6.29 Å². The van der Waals surface area contributed by atoms with E-state index in [1.807, 2.05) is 0 Å². The second kappa shape index (κ2) is 5.49. The van der Waals surface area contributed by atoms with Crippen molar-refractivity contribution in [3.8, 4) is 0 Å². The molecule has 1 spiro atoms. The Bertz CT molecular complexity index is 413. The molecule has 0 aromatic carbocycles. The summed E-state index contributed by atoms with van der Waals surface area (Å²) in [7, 11) is 1.22. The van der Waals surface area contributed by atoms with Crippen molar-refractivity contribution in [2.24, 2.45) is 11.3 Å². The first kappa shape index (κ1) is 14.9. The zero-order valence-electron chi connectivity index (χ0n) is 11.3. The molecule has 2 unspecified atom stereocenters. The Morgan fingerprint density at radius 1 is 1.35 bits per heavy atom. The number of hydrogen-bond acceptors (Lipinski definition) is 6. The number of hydrogen-bond donors (Lipinski definition) is 1. The number of carbonyl (C=O) groups excluding carboxylic acids is 2. The first-order valence-electron chi connectivity index (χ1n) is 6.50. The highest BCUT2D eigenvalue weighted by Crippen LogP contribution is 2.50. The lowest BCUT2D eigenvalue weighted by atomic mass is 9.65. The van der Waals surface area contributed by atoms with Crippen LogP contribution in [0.25, 0.3) is 0 Å². The minimum absolute atomic E-state index is 0.0578. The fraction of sp³-hybridized carbons (Fsp3) is 0.769. The fourth-order valence-electron chi connectivity index (χ4n) is 3.24. The second-order valence-corrected chi connectivity index (χ2v) is 5.37. The number of esters is 1. The zero-order chi connectivity index (χ0) is 14.8. The summed E-state index contributed by atoms with van der Waals surface area (Å²) in [5, 5.41) is 9.29. The number of aldehydes is 1. The van der Waals surface area contributed by atoms with Crippen LogP contribution >= 0.6 is 0 Å². The summed E-state index contributed by atoms with van der Waals surface area (Å²) in [5.41, 5.74) is -1.19. The molecule has 0 aromatic rings. The Hall–Kier alpha value is -1.47. The topological polar surface area (TPSA) is 99.1 Å². The molecule has 112 valence electrons. The van der Waals surface area contributed by atoms with Gasteiger partial charge in [-0.2, -0.15) is 0 Å². The molecule has 20 heavy (non-hydrogen) atoms. The van der Waals surface area contributed by atoms with E-state index in [9.17, 15) is 19.5 Å². The van der Waals surface area contributed by atoms with Gasteiger partial charge in [-0.05, 0) is 6.42 Å². The number of carbonyl (C=O) groups is 3. The van der Waals surface area contributed by atoms with E-state index in [0.717, 1.165) is 0 Å². The fourth-order valence-corrected chi connectivity index (χ4v) is 3.24. The van der Waals surface area contributed by atoms with Crippen LogP contribution in [0.15, 0.2) is 0 Å². The normalized spacial score (nSPS) is 31.9. The molecule has 2 atom stereocenters. The molecule has 7 heteroatoms. The van der Waals surface area contributed by atoms with Gasteiger partial charge in [0.15, 0.2) is 5.79 Å². The molecule has 1 heterocycles. The van der Waals surface area contributed by atoms with Gasteiger partial charge in [0.2, 0.25) is 0 Å². The van der Waals surface area contributed by atoms with Crippen molar-refractivity contribution in [1.29, 1.82) is 0 Å². The molecule has 0 aromatic heterocycles. The molecular formula is C13H18O7. The molecule has 0 amide bonds. The predicted molar refractivity (Wildman–Crippen MR) is 64.7 cm³/mol. The van der Waals surface area contributed by atoms with Crippen LogP contribution in [0.5, 0.6) is 0 Å². The SMILES string of the molecule is COC(=O)C1(CC=O)CC(C(=O)O)CC2(C1)OCCO2. The molecule has 2 fully saturated rings. The zero-order valence-corrected chi connectivity index (χ0v) is 11.3. The molecular weight excluding hydrogens is 268 g/mol. The van der Waals surface area contributed by atoms with Crippen molar-refractivity contribution in [3.63, 3.8) is 0 Å². The van der Waals surface area contributed by atoms with Gasteiger partial charge >= 0.3 is 11.9 Å². The van der Waals surface area contributed by atoms with Crippen LogP contribution in [-0.2, 0) is 28.6 Å². The van der Waals surface area contributed by atoms with Gasteiger partial charge in [0.25, 0.3) is 0 Å². The third-order valence-corrected chi connectivity index (χ3v) is 4.06. The Morgan fingerprint density at radius 2 is 2.00 bits per heavy atom. The molecule has 7 nitrogen and oxygen atoms in total. The third-order valence-electron chi connectivity index (χ3n) is 4.06. The van der Waals surface area contributed by atoms with Crippen molar-refractivity contribution in [1.82, 2.24) is 0 Å². The third kappa shape index (κ3) is 2.55. The van der Waals surface area contributed by atoms with Crippen LogP contribution < -0.4 is 0 Å². The van der Waals surface area contributed by atoms with E-state index in [0.29, 0.717) is 19.5 Å². The molecule has 2 aliphatic rings. The van der Waals surface area contributed by atoms with Gasteiger partial charge in [-0.1, -0.05) is 0 Å². The first-order valence-corrected chi connectivity index (χ1v) is 6.50. The standard InChI is InChI=1S/C13H18O7/c1-18-11(17)12(2-3-14)6-9(10(15)16)7-13(8-12)19-4-5-20-13/h3,9H,2,4-8H2,1H3,(H,15,16). The number of rotatable bonds is 4. The van der Waals surface area contributed by atoms with Crippen molar-refractivity contribution < 1.29 is 33.7 Å². The maximum atomic E-state index is 12.1. The minimum atomic E-state index is -1.19. The number of methoxy groups -OCH3 is 1. The molecule has 0 bridgehead atoms. The van der Waals surface area contributed by atoms with Crippen LogP contribution in [-0.4, -0.2) is 49.4 Å². The monoisotopic (exact) mass is 286 g/mol. The molecule has 2 rings (SSSR count). The summed E-state index contributed by atoms with van der Waals surface area (Å²) in [5.74, 6) is -3.52. The van der Waals surface area contributed by atoms with Crippen molar-refractivity contribution >= 4 is 18.2 Å². The smallest absolute Gasteiger partial charge is 0.312 e. The van der Waals surface area contributed by atoms with Gasteiger partial charge in [0, 0.05) is 19.3 Å². The maximum absolute atomic E-state index is 12.1. The highest BCUT2D eigenvalue weighted by molar-refractivity contribution is 5.82. The van der Waals surface area contributed by atoms with E-state index in [1.165, 1.54) is 7.11 Å². The Labute approximate surface area is 116 Å². The van der Waals surface area contributed by atoms with E-state index in [1.54, 1.807) is 0 Å². The molecule has 1 saturated heterocycles. The first-order chi connectivity index (χ1) is 9.47. The summed E-state index contributed by atoms with van der Waals surface area (Å²) in [6, 6.07) is 0. The molecule has 1 N–H and O–H groups in total. The average Bonchev–Trinajstić information content (AvgIpc) is 2.85. The summed E-state index contributed by atoms with van der Waals surface area (Å²) < 4.78 is 15.9. The minimum Gasteiger partial charge on any atom is -0.481 e. The quantitative estimate of drug-likeness (QED) is 0.588. The van der Waals surface area contributed by atoms with Crippen LogP contribution in [0.2, 0.25) is 0 Å². The largest absolute Gasteiger partial charge is 0.481 e. The van der Waals surface area contributed by atoms with Crippen LogP contribution in [0, 0.1) is 11.3 Å². The van der Waals surface area contributed by atoms with E-state index in [2.05, 4.69) is 0 Å². The summed E-state index contributed by atoms with van der Waals surface area (Å²) in [4.78, 5) is 34.4. The van der Waals surface area contributed by atoms with E-state index in [4.69, 9.17) is 14.2 Å². The summed E-state index contributed by atoms with van der Waals surface area (Å²) >= 11 is 0. The lowest BCUT2D eigenvalue weighted by Gasteiger charge is -2.44. The Kier molecular flexibility index (Phi) is 4.10. The van der Waals surface area contributed by atoms with E-state index >= 15 is 0 Å². The van der Waals surface area contributed by atoms with Crippen molar-refractivity contribution in [2.75, 3.05) is 20.3 Å². The Balaban J connectivity index is 2.36. The number of carboxylic acids is 1. The second-order valence-electron chi connectivity index (χ2n) is 5.37. The molecule has 0 radical (unpaired) electrons. The number of ether oxygens (including phenoxy) is 3. The number of aliphatic carboxylic acids is 1. The average molecular weight is 286 g/mol. The van der Waals surface area contributed by atoms with Crippen LogP contribution in [0.3, 0.4) is 0 Å². The van der Waals surface area contributed by atoms with Gasteiger partial charge in [-0.25, -0.2) is 0 Å². The summed E-state index contributed by atoms with van der Waals surface area (Å²) in [6.45, 7) is 0.704. The van der Waals surface area contributed by atoms with E-state index < -0.39 is 29.1 Å². The lowest BCUT2D eigenvalue weighted by Crippen LogP contribution is -2.51. The van der Waals surface area contributed by atoms with Crippen LogP contribution in [0.1, 0.15) is 25.7 Å². The van der Waals surface area contributed by atoms with Gasteiger partial charge in [-0.3, -0.25) is 9.59 Å². The van der Waals surface area contributed by atoms with E-state index in [-0.39, 0.29) is 25.7 Å². The maximum Gasteiger partial charge on any atom is 0.312 e. The van der Waals surface area contributed by atoms with Crippen molar-refractivity contribution in [2.45, 2.75) is 31.5 Å². The predicted octanol–water partition coefficient (Wildman–Crippen LogP) is 0.363. The molecule has 1 aliphatic heterocycles. The molecule has 1 aliphatic carbocycles. The lowest BCUT2D eigenvalue weighted by molar-refractivity contribution is -0.223. The highest BCUT2D eigenvalue weighted by Gasteiger charge is 2.57.